The molecule has 3 aromatic carbocycles. The topological polar surface area (TPSA) is 88.2 Å². The molecule has 0 unspecified atom stereocenters. The van der Waals surface area contributed by atoms with Crippen molar-refractivity contribution < 1.29 is 13.2 Å². The normalized spacial score (nSPS) is 12.0. The van der Waals surface area contributed by atoms with E-state index in [9.17, 15) is 13.2 Å². The maximum atomic E-state index is 12.9. The number of anilines is 1. The van der Waals surface area contributed by atoms with Gasteiger partial charge in [-0.1, -0.05) is 54.6 Å². The number of carbonyl (C=O) groups excluding carboxylic acids is 1. The highest BCUT2D eigenvalue weighted by molar-refractivity contribution is 7.92. The average molecular weight is 444 g/mol. The molecule has 0 saturated heterocycles. The van der Waals surface area contributed by atoms with Gasteiger partial charge in [-0.05, 0) is 54.1 Å². The quantitative estimate of drug-likeness (QED) is 0.443. The number of hydrogen-bond donors (Lipinski definition) is 2. The van der Waals surface area contributed by atoms with Crippen molar-refractivity contribution in [2.75, 3.05) is 4.72 Å². The van der Waals surface area contributed by atoms with E-state index in [0.717, 1.165) is 11.3 Å². The van der Waals surface area contributed by atoms with E-state index in [1.165, 1.54) is 12.1 Å². The van der Waals surface area contributed by atoms with Crippen molar-refractivity contribution >= 4 is 21.6 Å². The fourth-order valence-corrected chi connectivity index (χ4v) is 4.32. The first-order valence-corrected chi connectivity index (χ1v) is 11.5. The van der Waals surface area contributed by atoms with Crippen LogP contribution in [0, 0.1) is 0 Å². The molecule has 0 spiro atoms. The van der Waals surface area contributed by atoms with Crippen LogP contribution < -0.4 is 10.0 Å². The maximum absolute atomic E-state index is 12.9. The van der Waals surface area contributed by atoms with E-state index in [2.05, 4.69) is 15.0 Å². The van der Waals surface area contributed by atoms with Crippen molar-refractivity contribution in [3.05, 3.63) is 126 Å². The van der Waals surface area contributed by atoms with Gasteiger partial charge < -0.3 is 5.32 Å². The Hall–Kier alpha value is -3.97. The molecule has 160 valence electrons. The molecule has 1 atom stereocenters. The van der Waals surface area contributed by atoms with Crippen LogP contribution >= 0.6 is 0 Å². The van der Waals surface area contributed by atoms with Crippen molar-refractivity contribution in [1.82, 2.24) is 10.3 Å². The minimum absolute atomic E-state index is 0.169. The number of amides is 1. The Balaban J connectivity index is 1.52. The minimum Gasteiger partial charge on any atom is -0.340 e. The van der Waals surface area contributed by atoms with Crippen LogP contribution in [0.4, 0.5) is 5.69 Å². The number of nitrogens with zero attached hydrogens (tertiary/aromatic N) is 1. The maximum Gasteiger partial charge on any atom is 0.261 e. The smallest absolute Gasteiger partial charge is 0.261 e. The Morgan fingerprint density at radius 3 is 2.00 bits per heavy atom. The summed E-state index contributed by atoms with van der Waals surface area (Å²) in [4.78, 5) is 17.5. The second kappa shape index (κ2) is 9.45. The zero-order valence-corrected chi connectivity index (χ0v) is 17.9. The Bertz CT molecular complexity index is 1240. The molecule has 0 aliphatic carbocycles. The summed E-state index contributed by atoms with van der Waals surface area (Å²) in [5, 5.41) is 3.02. The molecule has 2 N–H and O–H groups in total. The number of hydrogen-bond acceptors (Lipinski definition) is 4. The molecule has 0 aliphatic rings. The molecule has 4 aromatic rings. The zero-order valence-electron chi connectivity index (χ0n) is 17.0. The molecule has 1 amide bonds. The molecule has 32 heavy (non-hydrogen) atoms. The number of nitrogens with one attached hydrogen (secondary N) is 2. The highest BCUT2D eigenvalue weighted by atomic mass is 32.2. The lowest BCUT2D eigenvalue weighted by Crippen LogP contribution is -2.29. The summed E-state index contributed by atoms with van der Waals surface area (Å²) in [5.74, 6) is -0.290. The van der Waals surface area contributed by atoms with Crippen molar-refractivity contribution in [2.45, 2.75) is 10.9 Å². The van der Waals surface area contributed by atoms with E-state index in [1.54, 1.807) is 48.7 Å². The van der Waals surface area contributed by atoms with Crippen LogP contribution in [0.1, 0.15) is 27.7 Å². The van der Waals surface area contributed by atoms with Crippen molar-refractivity contribution in [2.24, 2.45) is 0 Å². The van der Waals surface area contributed by atoms with E-state index in [4.69, 9.17) is 0 Å². The molecule has 0 radical (unpaired) electrons. The third kappa shape index (κ3) is 5.01. The van der Waals surface area contributed by atoms with Gasteiger partial charge >= 0.3 is 0 Å². The first-order chi connectivity index (χ1) is 15.5. The Morgan fingerprint density at radius 1 is 0.750 bits per heavy atom. The highest BCUT2D eigenvalue weighted by Gasteiger charge is 2.19. The minimum atomic E-state index is -3.70. The van der Waals surface area contributed by atoms with Crippen LogP contribution in [0.5, 0.6) is 0 Å². The predicted molar refractivity (Wildman–Crippen MR) is 124 cm³/mol. The number of carbonyl (C=O) groups is 1. The van der Waals surface area contributed by atoms with Crippen LogP contribution in [0.3, 0.4) is 0 Å². The summed E-state index contributed by atoms with van der Waals surface area (Å²) in [7, 11) is -3.70. The fraction of sp³-hybridized carbons (Fsp3) is 0.0400. The molecule has 4 rings (SSSR count). The van der Waals surface area contributed by atoms with Crippen LogP contribution in [-0.2, 0) is 10.0 Å². The molecule has 0 aliphatic heterocycles. The summed E-state index contributed by atoms with van der Waals surface area (Å²) < 4.78 is 27.5. The van der Waals surface area contributed by atoms with Gasteiger partial charge in [0.25, 0.3) is 15.9 Å². The number of sulfonamides is 1. The van der Waals surface area contributed by atoms with Gasteiger partial charge in [0.2, 0.25) is 0 Å². The summed E-state index contributed by atoms with van der Waals surface area (Å²) in [6.07, 6.45) is 1.69. The van der Waals surface area contributed by atoms with E-state index in [0.29, 0.717) is 11.3 Å². The standard InChI is InChI=1S/C25H21N3O3S/c29-25(27-24(19-9-3-1-4-10-19)23-13-7-8-18-26-23)20-14-16-21(17-15-20)28-32(30,31)22-11-5-2-6-12-22/h1-18,24,28H,(H,27,29)/t24-/m0/s1. The lowest BCUT2D eigenvalue weighted by Gasteiger charge is -2.19. The summed E-state index contributed by atoms with van der Waals surface area (Å²) >= 11 is 0. The number of benzene rings is 3. The monoisotopic (exact) mass is 443 g/mol. The van der Waals surface area contributed by atoms with Gasteiger partial charge in [-0.15, -0.1) is 0 Å². The Kier molecular flexibility index (Phi) is 6.28. The van der Waals surface area contributed by atoms with Crippen LogP contribution in [0.2, 0.25) is 0 Å². The van der Waals surface area contributed by atoms with Crippen LogP contribution in [0.25, 0.3) is 0 Å². The summed E-state index contributed by atoms with van der Waals surface area (Å²) in [5.41, 5.74) is 2.41. The van der Waals surface area contributed by atoms with Crippen LogP contribution in [-0.4, -0.2) is 19.3 Å². The second-order valence-electron chi connectivity index (χ2n) is 7.07. The van der Waals surface area contributed by atoms with E-state index in [1.807, 2.05) is 48.5 Å². The van der Waals surface area contributed by atoms with Crippen LogP contribution in [0.15, 0.2) is 114 Å². The largest absolute Gasteiger partial charge is 0.340 e. The summed E-state index contributed by atoms with van der Waals surface area (Å²) in [6, 6.07) is 29.1. The molecule has 1 heterocycles. The molecule has 0 saturated carbocycles. The summed E-state index contributed by atoms with van der Waals surface area (Å²) in [6.45, 7) is 0. The first kappa shape index (κ1) is 21.3. The van der Waals surface area contributed by atoms with E-state index < -0.39 is 16.1 Å². The SMILES string of the molecule is O=C(N[C@@H](c1ccccc1)c1ccccn1)c1ccc(NS(=O)(=O)c2ccccc2)cc1. The lowest BCUT2D eigenvalue weighted by molar-refractivity contribution is 0.0942. The van der Waals surface area contributed by atoms with Gasteiger partial charge in [-0.25, -0.2) is 8.42 Å². The highest BCUT2D eigenvalue weighted by Crippen LogP contribution is 2.21. The predicted octanol–water partition coefficient (Wildman–Crippen LogP) is 4.40. The number of pyridine rings is 1. The van der Waals surface area contributed by atoms with Gasteiger partial charge in [-0.2, -0.15) is 0 Å². The molecular formula is C25H21N3O3S. The van der Waals surface area contributed by atoms with Gasteiger partial charge in [0.1, 0.15) is 0 Å². The van der Waals surface area contributed by atoms with E-state index in [-0.39, 0.29) is 10.8 Å². The van der Waals surface area contributed by atoms with Gasteiger partial charge in [0, 0.05) is 17.4 Å². The molecular weight excluding hydrogens is 422 g/mol. The molecule has 6 nitrogen and oxygen atoms in total. The van der Waals surface area contributed by atoms with Gasteiger partial charge in [0.15, 0.2) is 0 Å². The third-order valence-electron chi connectivity index (χ3n) is 4.84. The number of rotatable bonds is 7. The van der Waals surface area contributed by atoms with Crippen molar-refractivity contribution in [3.8, 4) is 0 Å². The molecule has 7 heteroatoms. The molecule has 0 fully saturated rings. The Morgan fingerprint density at radius 2 is 1.38 bits per heavy atom. The molecule has 0 bridgehead atoms. The van der Waals surface area contributed by atoms with Crippen molar-refractivity contribution in [1.29, 1.82) is 0 Å². The second-order valence-corrected chi connectivity index (χ2v) is 8.75. The zero-order chi connectivity index (χ0) is 22.4. The first-order valence-electron chi connectivity index (χ1n) is 9.97. The average Bonchev–Trinajstić information content (AvgIpc) is 2.84. The fourth-order valence-electron chi connectivity index (χ4n) is 3.24. The van der Waals surface area contributed by atoms with Gasteiger partial charge in [-0.3, -0.25) is 14.5 Å². The molecule has 1 aromatic heterocycles. The third-order valence-corrected chi connectivity index (χ3v) is 6.24. The Labute approximate surface area is 187 Å². The number of aromatic nitrogens is 1. The van der Waals surface area contributed by atoms with Gasteiger partial charge in [0.05, 0.1) is 16.6 Å². The van der Waals surface area contributed by atoms with E-state index >= 15 is 0 Å². The van der Waals surface area contributed by atoms with Crippen molar-refractivity contribution in [3.63, 3.8) is 0 Å². The lowest BCUT2D eigenvalue weighted by atomic mass is 10.0.